The molecule has 1 amide bonds. The number of benzene rings is 2. The van der Waals surface area contributed by atoms with Gasteiger partial charge in [-0.15, -0.1) is 0 Å². The Labute approximate surface area is 155 Å². The molecule has 1 unspecified atom stereocenters. The van der Waals surface area contributed by atoms with Gasteiger partial charge in [-0.1, -0.05) is 43.3 Å². The first-order valence-corrected chi connectivity index (χ1v) is 9.50. The highest BCUT2D eigenvalue weighted by Crippen LogP contribution is 2.36. The van der Waals surface area contributed by atoms with E-state index in [4.69, 9.17) is 0 Å². The zero-order valence-corrected chi connectivity index (χ0v) is 15.5. The lowest BCUT2D eigenvalue weighted by Crippen LogP contribution is -2.57. The lowest BCUT2D eigenvalue weighted by molar-refractivity contribution is 0.0398. The van der Waals surface area contributed by atoms with Crippen LogP contribution in [0, 0.1) is 6.92 Å². The molecule has 1 N–H and O–H groups in total. The number of fused-ring (bicyclic) bond motifs is 2. The van der Waals surface area contributed by atoms with Crippen molar-refractivity contribution in [3.8, 4) is 5.75 Å². The summed E-state index contributed by atoms with van der Waals surface area (Å²) in [5.74, 6) is 0.423. The first-order valence-electron chi connectivity index (χ1n) is 9.50. The fourth-order valence-corrected chi connectivity index (χ4v) is 4.44. The predicted octanol–water partition coefficient (Wildman–Crippen LogP) is 3.15. The molecule has 0 bridgehead atoms. The van der Waals surface area contributed by atoms with Crippen LogP contribution in [-0.2, 0) is 19.4 Å². The topological polar surface area (TPSA) is 43.8 Å². The fourth-order valence-electron chi connectivity index (χ4n) is 4.44. The first kappa shape index (κ1) is 17.1. The second-order valence-electron chi connectivity index (χ2n) is 7.49. The second kappa shape index (κ2) is 6.76. The van der Waals surface area contributed by atoms with Crippen molar-refractivity contribution in [3.63, 3.8) is 0 Å². The lowest BCUT2D eigenvalue weighted by atomic mass is 9.86. The van der Waals surface area contributed by atoms with Crippen LogP contribution < -0.4 is 0 Å². The number of phenols is 1. The molecule has 4 rings (SSSR count). The maximum absolute atomic E-state index is 13.1. The van der Waals surface area contributed by atoms with Crippen molar-refractivity contribution in [3.05, 3.63) is 64.2 Å². The third-order valence-electron chi connectivity index (χ3n) is 5.79. The number of carbonyl (C=O) groups excluding carboxylic acids is 1. The minimum absolute atomic E-state index is 0.0889. The Morgan fingerprint density at radius 2 is 1.96 bits per heavy atom. The number of aryl methyl sites for hydroxylation is 2. The maximum atomic E-state index is 13.1. The van der Waals surface area contributed by atoms with Crippen LogP contribution in [0.1, 0.15) is 39.5 Å². The zero-order chi connectivity index (χ0) is 18.3. The summed E-state index contributed by atoms with van der Waals surface area (Å²) in [6.07, 6.45) is 1.52. The van der Waals surface area contributed by atoms with Crippen LogP contribution in [-0.4, -0.2) is 46.5 Å². The van der Waals surface area contributed by atoms with E-state index in [1.54, 1.807) is 0 Å². The van der Waals surface area contributed by atoms with Crippen molar-refractivity contribution < 1.29 is 9.90 Å². The molecule has 0 saturated carbocycles. The van der Waals surface area contributed by atoms with Gasteiger partial charge in [0.05, 0.1) is 0 Å². The van der Waals surface area contributed by atoms with E-state index in [0.29, 0.717) is 5.75 Å². The van der Waals surface area contributed by atoms with Crippen LogP contribution in [0.15, 0.2) is 36.4 Å². The molecule has 2 aromatic carbocycles. The van der Waals surface area contributed by atoms with Crippen molar-refractivity contribution in [1.82, 2.24) is 9.80 Å². The number of carbonyl (C=O) groups is 1. The molecule has 2 aliphatic rings. The monoisotopic (exact) mass is 350 g/mol. The van der Waals surface area contributed by atoms with Gasteiger partial charge in [-0.3, -0.25) is 9.69 Å². The van der Waals surface area contributed by atoms with Crippen molar-refractivity contribution in [2.24, 2.45) is 0 Å². The molecule has 26 heavy (non-hydrogen) atoms. The summed E-state index contributed by atoms with van der Waals surface area (Å²) in [5, 5.41) is 10.7. The van der Waals surface area contributed by atoms with Crippen LogP contribution in [0.5, 0.6) is 5.75 Å². The largest absolute Gasteiger partial charge is 0.507 e. The van der Waals surface area contributed by atoms with Crippen molar-refractivity contribution >= 4 is 5.91 Å². The van der Waals surface area contributed by atoms with E-state index < -0.39 is 0 Å². The third-order valence-corrected chi connectivity index (χ3v) is 5.79. The number of rotatable bonds is 3. The molecule has 0 spiro atoms. The normalized spacial score (nSPS) is 20.0. The highest BCUT2D eigenvalue weighted by molar-refractivity contribution is 5.99. The van der Waals surface area contributed by atoms with Gasteiger partial charge in [-0.05, 0) is 36.5 Å². The van der Waals surface area contributed by atoms with E-state index >= 15 is 0 Å². The maximum Gasteiger partial charge on any atom is 0.254 e. The number of aromatic hydroxyl groups is 1. The van der Waals surface area contributed by atoms with Crippen LogP contribution in [0.2, 0.25) is 0 Å². The smallest absolute Gasteiger partial charge is 0.254 e. The third kappa shape index (κ3) is 2.88. The Kier molecular flexibility index (Phi) is 4.45. The molecule has 0 radical (unpaired) electrons. The Balaban J connectivity index is 1.60. The summed E-state index contributed by atoms with van der Waals surface area (Å²) in [6.45, 7) is 7.44. The van der Waals surface area contributed by atoms with Gasteiger partial charge < -0.3 is 10.0 Å². The van der Waals surface area contributed by atoms with Crippen molar-refractivity contribution in [2.45, 2.75) is 39.3 Å². The lowest BCUT2D eigenvalue weighted by Gasteiger charge is -2.45. The number of phenolic OH excluding ortho intramolecular Hbond substituents is 1. The number of amides is 1. The highest BCUT2D eigenvalue weighted by atomic mass is 16.3. The van der Waals surface area contributed by atoms with Gasteiger partial charge in [-0.25, -0.2) is 0 Å². The number of nitrogens with zero attached hydrogens (tertiary/aromatic N) is 2. The SMILES string of the molecule is CCc1cc(C)c2c(c1O)CC1CN(Cc3ccccc3)CCN1C2=O. The summed E-state index contributed by atoms with van der Waals surface area (Å²) in [6, 6.07) is 12.6. The van der Waals surface area contributed by atoms with Gasteiger partial charge in [-0.2, -0.15) is 0 Å². The summed E-state index contributed by atoms with van der Waals surface area (Å²) in [5.41, 5.74) is 4.82. The number of hydrogen-bond donors (Lipinski definition) is 1. The number of hydrogen-bond acceptors (Lipinski definition) is 3. The molecule has 0 aromatic heterocycles. The van der Waals surface area contributed by atoms with E-state index in [1.165, 1.54) is 5.56 Å². The number of piperazine rings is 1. The Hall–Kier alpha value is -2.33. The van der Waals surface area contributed by atoms with Crippen LogP contribution in [0.3, 0.4) is 0 Å². The van der Waals surface area contributed by atoms with E-state index in [-0.39, 0.29) is 11.9 Å². The molecule has 4 heteroatoms. The van der Waals surface area contributed by atoms with Crippen LogP contribution in [0.4, 0.5) is 0 Å². The minimum atomic E-state index is 0.0889. The molecule has 1 atom stereocenters. The van der Waals surface area contributed by atoms with Gasteiger partial charge in [0.1, 0.15) is 5.75 Å². The minimum Gasteiger partial charge on any atom is -0.507 e. The average Bonchev–Trinajstić information content (AvgIpc) is 2.65. The summed E-state index contributed by atoms with van der Waals surface area (Å²) in [7, 11) is 0. The summed E-state index contributed by atoms with van der Waals surface area (Å²) in [4.78, 5) is 17.5. The van der Waals surface area contributed by atoms with Crippen molar-refractivity contribution in [1.29, 1.82) is 0 Å². The van der Waals surface area contributed by atoms with Gasteiger partial charge in [0, 0.05) is 43.3 Å². The zero-order valence-electron chi connectivity index (χ0n) is 15.5. The molecule has 2 aromatic rings. The quantitative estimate of drug-likeness (QED) is 0.925. The van der Waals surface area contributed by atoms with E-state index in [2.05, 4.69) is 29.2 Å². The molecule has 4 nitrogen and oxygen atoms in total. The molecule has 0 aliphatic carbocycles. The molecular formula is C22H26N2O2. The standard InChI is InChI=1S/C22H26N2O2/c1-3-17-11-15(2)20-19(21(17)25)12-18-14-23(9-10-24(18)22(20)26)13-16-7-5-4-6-8-16/h4-8,11,18,25H,3,9-10,12-14H2,1-2H3. The van der Waals surface area contributed by atoms with Gasteiger partial charge >= 0.3 is 0 Å². The highest BCUT2D eigenvalue weighted by Gasteiger charge is 2.38. The molecular weight excluding hydrogens is 324 g/mol. The molecule has 136 valence electrons. The molecule has 2 heterocycles. The molecule has 1 saturated heterocycles. The molecule has 2 aliphatic heterocycles. The first-order chi connectivity index (χ1) is 12.6. The Morgan fingerprint density at radius 1 is 1.19 bits per heavy atom. The van der Waals surface area contributed by atoms with Crippen LogP contribution >= 0.6 is 0 Å². The van der Waals surface area contributed by atoms with Gasteiger partial charge in [0.15, 0.2) is 0 Å². The van der Waals surface area contributed by atoms with E-state index in [0.717, 1.165) is 61.3 Å². The summed E-state index contributed by atoms with van der Waals surface area (Å²) >= 11 is 0. The molecule has 1 fully saturated rings. The van der Waals surface area contributed by atoms with Gasteiger partial charge in [0.2, 0.25) is 0 Å². The average molecular weight is 350 g/mol. The fraction of sp³-hybridized carbons (Fsp3) is 0.409. The Morgan fingerprint density at radius 3 is 2.69 bits per heavy atom. The van der Waals surface area contributed by atoms with Crippen molar-refractivity contribution in [2.75, 3.05) is 19.6 Å². The Bertz CT molecular complexity index is 832. The van der Waals surface area contributed by atoms with Gasteiger partial charge in [0.25, 0.3) is 5.91 Å². The van der Waals surface area contributed by atoms with E-state index in [1.807, 2.05) is 30.9 Å². The second-order valence-corrected chi connectivity index (χ2v) is 7.49. The van der Waals surface area contributed by atoms with Crippen LogP contribution in [0.25, 0.3) is 0 Å². The summed E-state index contributed by atoms with van der Waals surface area (Å²) < 4.78 is 0. The predicted molar refractivity (Wildman–Crippen MR) is 102 cm³/mol. The van der Waals surface area contributed by atoms with E-state index in [9.17, 15) is 9.90 Å².